The summed E-state index contributed by atoms with van der Waals surface area (Å²) >= 11 is 10.1. The molecule has 134 valence electrons. The van der Waals surface area contributed by atoms with Gasteiger partial charge in [-0.05, 0) is 24.3 Å². The monoisotopic (exact) mass is 450 g/mol. The van der Waals surface area contributed by atoms with Gasteiger partial charge in [-0.25, -0.2) is 10.0 Å². The Bertz CT molecular complexity index is 873. The molecule has 1 aromatic carbocycles. The Balaban J connectivity index is 1.54. The van der Waals surface area contributed by atoms with Crippen molar-refractivity contribution in [3.8, 4) is 11.3 Å². The van der Waals surface area contributed by atoms with Gasteiger partial charge in [-0.15, -0.1) is 0 Å². The van der Waals surface area contributed by atoms with Gasteiger partial charge in [-0.1, -0.05) is 52.0 Å². The van der Waals surface area contributed by atoms with E-state index in [1.165, 1.54) is 11.8 Å². The molecule has 2 aliphatic rings. The van der Waals surface area contributed by atoms with Crippen molar-refractivity contribution in [3.05, 3.63) is 51.5 Å². The van der Waals surface area contributed by atoms with E-state index in [0.717, 1.165) is 15.8 Å². The number of halogens is 1. The molecular formula is C18H15BrN2O3S2. The number of amides is 1. The first-order valence-corrected chi connectivity index (χ1v) is 10.1. The van der Waals surface area contributed by atoms with Crippen LogP contribution < -0.4 is 0 Å². The first kappa shape index (κ1) is 17.9. The van der Waals surface area contributed by atoms with Crippen LogP contribution in [0.15, 0.2) is 50.2 Å². The minimum Gasteiger partial charge on any atom is -0.457 e. The third-order valence-corrected chi connectivity index (χ3v) is 5.88. The van der Waals surface area contributed by atoms with Crippen molar-refractivity contribution in [2.75, 3.05) is 26.3 Å². The highest BCUT2D eigenvalue weighted by atomic mass is 79.9. The number of ether oxygens (including phenoxy) is 1. The van der Waals surface area contributed by atoms with Crippen LogP contribution in [0.1, 0.15) is 5.76 Å². The number of hydrazine groups is 1. The van der Waals surface area contributed by atoms with Crippen LogP contribution in [-0.2, 0) is 9.53 Å². The van der Waals surface area contributed by atoms with Crippen LogP contribution in [-0.4, -0.2) is 46.5 Å². The molecule has 0 aliphatic carbocycles. The normalized spacial score (nSPS) is 20.3. The van der Waals surface area contributed by atoms with Crippen molar-refractivity contribution in [1.82, 2.24) is 10.0 Å². The second-order valence-electron chi connectivity index (χ2n) is 5.77. The highest BCUT2D eigenvalue weighted by molar-refractivity contribution is 9.10. The predicted octanol–water partition coefficient (Wildman–Crippen LogP) is 4.16. The average molecular weight is 451 g/mol. The lowest BCUT2D eigenvalue weighted by molar-refractivity contribution is -0.138. The van der Waals surface area contributed by atoms with Crippen LogP contribution in [0.3, 0.4) is 0 Å². The van der Waals surface area contributed by atoms with Crippen LogP contribution >= 0.6 is 39.9 Å². The average Bonchev–Trinajstić information content (AvgIpc) is 3.21. The van der Waals surface area contributed by atoms with E-state index in [2.05, 4.69) is 15.9 Å². The summed E-state index contributed by atoms with van der Waals surface area (Å²) in [6.45, 7) is 2.53. The van der Waals surface area contributed by atoms with Crippen LogP contribution in [0.4, 0.5) is 0 Å². The standard InChI is InChI=1S/C18H15BrN2O3S2/c19-13-3-1-12(2-4-13)15-6-5-14(24-15)11-16-17(22)21(18(25)26-16)20-7-9-23-10-8-20/h1-6,11H,7-10H2. The first-order chi connectivity index (χ1) is 12.6. The lowest BCUT2D eigenvalue weighted by atomic mass is 10.2. The van der Waals surface area contributed by atoms with Gasteiger partial charge in [-0.2, -0.15) is 0 Å². The number of thioether (sulfide) groups is 1. The fourth-order valence-electron chi connectivity index (χ4n) is 2.79. The minimum atomic E-state index is -0.108. The third-order valence-electron chi connectivity index (χ3n) is 4.07. The smallest absolute Gasteiger partial charge is 0.281 e. The molecule has 3 heterocycles. The van der Waals surface area contributed by atoms with Gasteiger partial charge >= 0.3 is 0 Å². The summed E-state index contributed by atoms with van der Waals surface area (Å²) < 4.78 is 12.8. The van der Waals surface area contributed by atoms with Gasteiger partial charge in [0.25, 0.3) is 5.91 Å². The van der Waals surface area contributed by atoms with Gasteiger partial charge in [-0.3, -0.25) is 4.79 Å². The number of carbonyl (C=O) groups excluding carboxylic acids is 1. The number of rotatable bonds is 3. The van der Waals surface area contributed by atoms with Crippen molar-refractivity contribution in [2.24, 2.45) is 0 Å². The van der Waals surface area contributed by atoms with E-state index >= 15 is 0 Å². The zero-order chi connectivity index (χ0) is 18.1. The lowest BCUT2D eigenvalue weighted by Crippen LogP contribution is -2.50. The molecular weight excluding hydrogens is 436 g/mol. The van der Waals surface area contributed by atoms with E-state index in [-0.39, 0.29) is 5.91 Å². The van der Waals surface area contributed by atoms with Crippen molar-refractivity contribution in [2.45, 2.75) is 0 Å². The third kappa shape index (κ3) is 3.65. The zero-order valence-corrected chi connectivity index (χ0v) is 16.9. The Kier molecular flexibility index (Phi) is 5.28. The Morgan fingerprint density at radius 2 is 1.85 bits per heavy atom. The van der Waals surface area contributed by atoms with Gasteiger partial charge in [0.2, 0.25) is 0 Å². The molecule has 0 radical (unpaired) electrons. The van der Waals surface area contributed by atoms with E-state index in [1.54, 1.807) is 11.1 Å². The fourth-order valence-corrected chi connectivity index (χ4v) is 4.34. The number of hydrogen-bond acceptors (Lipinski definition) is 6. The first-order valence-electron chi connectivity index (χ1n) is 8.08. The number of thiocarbonyl (C=S) groups is 1. The highest BCUT2D eigenvalue weighted by Crippen LogP contribution is 2.34. The van der Waals surface area contributed by atoms with Gasteiger partial charge in [0.05, 0.1) is 18.1 Å². The summed E-state index contributed by atoms with van der Waals surface area (Å²) in [6.07, 6.45) is 1.75. The number of nitrogens with zero attached hydrogens (tertiary/aromatic N) is 2. The molecule has 1 aromatic heterocycles. The molecule has 2 aromatic rings. The van der Waals surface area contributed by atoms with E-state index in [4.69, 9.17) is 21.4 Å². The lowest BCUT2D eigenvalue weighted by Gasteiger charge is -2.33. The summed E-state index contributed by atoms with van der Waals surface area (Å²) in [5.74, 6) is 1.28. The number of furan rings is 1. The van der Waals surface area contributed by atoms with Crippen molar-refractivity contribution in [1.29, 1.82) is 0 Å². The van der Waals surface area contributed by atoms with E-state index < -0.39 is 0 Å². The second-order valence-corrected chi connectivity index (χ2v) is 8.36. The molecule has 0 atom stereocenters. The van der Waals surface area contributed by atoms with E-state index in [0.29, 0.717) is 41.3 Å². The molecule has 1 amide bonds. The van der Waals surface area contributed by atoms with Crippen molar-refractivity contribution in [3.63, 3.8) is 0 Å². The maximum atomic E-state index is 12.8. The number of morpholine rings is 1. The van der Waals surface area contributed by atoms with Crippen LogP contribution in [0, 0.1) is 0 Å². The Morgan fingerprint density at radius 3 is 2.58 bits per heavy atom. The van der Waals surface area contributed by atoms with Gasteiger partial charge in [0.15, 0.2) is 4.32 Å². The summed E-state index contributed by atoms with van der Waals surface area (Å²) in [5, 5.41) is 3.52. The van der Waals surface area contributed by atoms with Crippen LogP contribution in [0.25, 0.3) is 17.4 Å². The van der Waals surface area contributed by atoms with Gasteiger partial charge in [0.1, 0.15) is 11.5 Å². The van der Waals surface area contributed by atoms with Crippen molar-refractivity contribution < 1.29 is 13.9 Å². The molecule has 2 saturated heterocycles. The quantitative estimate of drug-likeness (QED) is 0.516. The Labute approximate surface area is 169 Å². The Morgan fingerprint density at radius 1 is 1.12 bits per heavy atom. The molecule has 5 nitrogen and oxygen atoms in total. The van der Waals surface area contributed by atoms with E-state index in [9.17, 15) is 4.79 Å². The minimum absolute atomic E-state index is 0.108. The maximum absolute atomic E-state index is 12.8. The molecule has 0 spiro atoms. The molecule has 0 N–H and O–H groups in total. The molecule has 2 fully saturated rings. The molecule has 8 heteroatoms. The number of carbonyl (C=O) groups is 1. The fraction of sp³-hybridized carbons (Fsp3) is 0.222. The summed E-state index contributed by atoms with van der Waals surface area (Å²) in [5.41, 5.74) is 0.980. The van der Waals surface area contributed by atoms with Gasteiger partial charge < -0.3 is 9.15 Å². The van der Waals surface area contributed by atoms with Gasteiger partial charge in [0, 0.05) is 29.2 Å². The highest BCUT2D eigenvalue weighted by Gasteiger charge is 2.37. The number of benzene rings is 1. The maximum Gasteiger partial charge on any atom is 0.281 e. The molecule has 26 heavy (non-hydrogen) atoms. The zero-order valence-electron chi connectivity index (χ0n) is 13.7. The largest absolute Gasteiger partial charge is 0.457 e. The molecule has 2 aliphatic heterocycles. The van der Waals surface area contributed by atoms with Crippen LogP contribution in [0.2, 0.25) is 0 Å². The molecule has 4 rings (SSSR count). The van der Waals surface area contributed by atoms with Crippen LogP contribution in [0.5, 0.6) is 0 Å². The molecule has 0 saturated carbocycles. The number of hydrogen-bond donors (Lipinski definition) is 0. The second kappa shape index (κ2) is 7.66. The Hall–Kier alpha value is -1.45. The summed E-state index contributed by atoms with van der Waals surface area (Å²) in [4.78, 5) is 13.3. The molecule has 0 unspecified atom stereocenters. The topological polar surface area (TPSA) is 45.9 Å². The SMILES string of the molecule is O=C1C(=Cc2ccc(-c3ccc(Br)cc3)o2)SC(=S)N1N1CCOCC1. The summed E-state index contributed by atoms with van der Waals surface area (Å²) in [6, 6.07) is 11.6. The van der Waals surface area contributed by atoms with E-state index in [1.807, 2.05) is 41.4 Å². The van der Waals surface area contributed by atoms with Crippen molar-refractivity contribution >= 4 is 56.2 Å². The molecule has 0 bridgehead atoms. The summed E-state index contributed by atoms with van der Waals surface area (Å²) in [7, 11) is 0. The predicted molar refractivity (Wildman–Crippen MR) is 109 cm³/mol.